The van der Waals surface area contributed by atoms with Crippen LogP contribution in [0.25, 0.3) is 0 Å². The molecule has 2 fully saturated rings. The van der Waals surface area contributed by atoms with Crippen molar-refractivity contribution >= 4 is 17.3 Å². The number of nitrogens with zero attached hydrogens (tertiary/aromatic N) is 2. The van der Waals surface area contributed by atoms with E-state index in [0.29, 0.717) is 6.54 Å². The molecule has 2 aliphatic rings. The first kappa shape index (κ1) is 19.7. The normalized spacial score (nSPS) is 19.9. The molecule has 0 spiro atoms. The van der Waals surface area contributed by atoms with Crippen LogP contribution in [0.1, 0.15) is 24.4 Å². The molecule has 2 aromatic rings. The van der Waals surface area contributed by atoms with Gasteiger partial charge in [-0.25, -0.2) is 0 Å². The van der Waals surface area contributed by atoms with Gasteiger partial charge < -0.3 is 19.7 Å². The Morgan fingerprint density at radius 3 is 2.62 bits per heavy atom. The molecule has 0 radical (unpaired) electrons. The number of hydrogen-bond donors (Lipinski definition) is 1. The first-order valence-electron chi connectivity index (χ1n) is 10.3. The molecule has 2 saturated heterocycles. The second-order valence-electron chi connectivity index (χ2n) is 7.57. The highest BCUT2D eigenvalue weighted by atomic mass is 16.5. The van der Waals surface area contributed by atoms with Crippen LogP contribution in [0.5, 0.6) is 5.75 Å². The highest BCUT2D eigenvalue weighted by Gasteiger charge is 2.28. The molecule has 1 unspecified atom stereocenters. The number of hydrogen-bond acceptors (Lipinski definition) is 5. The lowest BCUT2D eigenvalue weighted by atomic mass is 10.0. The lowest BCUT2D eigenvalue weighted by Gasteiger charge is -2.31. The maximum atomic E-state index is 12.9. The zero-order chi connectivity index (χ0) is 20.1. The van der Waals surface area contributed by atoms with Crippen molar-refractivity contribution in [2.45, 2.75) is 18.9 Å². The molecule has 6 nitrogen and oxygen atoms in total. The van der Waals surface area contributed by atoms with E-state index in [1.54, 1.807) is 7.11 Å². The molecule has 0 aromatic heterocycles. The molecule has 6 heteroatoms. The third-order valence-corrected chi connectivity index (χ3v) is 5.74. The Morgan fingerprint density at radius 2 is 1.86 bits per heavy atom. The Hall–Kier alpha value is -2.57. The van der Waals surface area contributed by atoms with Gasteiger partial charge in [0.05, 0.1) is 38.2 Å². The van der Waals surface area contributed by atoms with E-state index in [4.69, 9.17) is 9.47 Å². The van der Waals surface area contributed by atoms with Crippen molar-refractivity contribution in [3.63, 3.8) is 0 Å². The van der Waals surface area contributed by atoms with Gasteiger partial charge in [0.2, 0.25) is 5.91 Å². The summed E-state index contributed by atoms with van der Waals surface area (Å²) in [7, 11) is 1.68. The van der Waals surface area contributed by atoms with Crippen molar-refractivity contribution in [1.29, 1.82) is 0 Å². The van der Waals surface area contributed by atoms with Crippen molar-refractivity contribution in [3.05, 3.63) is 54.1 Å². The summed E-state index contributed by atoms with van der Waals surface area (Å²) >= 11 is 0. The number of anilines is 2. The number of carbonyl (C=O) groups excluding carboxylic acids is 1. The minimum Gasteiger partial charge on any atom is -0.497 e. The molecule has 0 aliphatic carbocycles. The number of morpholine rings is 1. The van der Waals surface area contributed by atoms with Gasteiger partial charge in [0.1, 0.15) is 5.75 Å². The van der Waals surface area contributed by atoms with Crippen LogP contribution in [0.2, 0.25) is 0 Å². The number of carbonyl (C=O) groups is 1. The Bertz CT molecular complexity index is 818. The molecular formula is C23H29N3O3. The predicted molar refractivity (Wildman–Crippen MR) is 115 cm³/mol. The molecule has 2 heterocycles. The smallest absolute Gasteiger partial charge is 0.238 e. The summed E-state index contributed by atoms with van der Waals surface area (Å²) < 4.78 is 10.7. The molecule has 4 rings (SSSR count). The monoisotopic (exact) mass is 395 g/mol. The molecule has 1 atom stereocenters. The first-order valence-corrected chi connectivity index (χ1v) is 10.3. The molecule has 2 aromatic carbocycles. The van der Waals surface area contributed by atoms with Gasteiger partial charge in [-0.05, 0) is 49.2 Å². The first-order chi connectivity index (χ1) is 14.2. The standard InChI is InChI=1S/C23H29N3O3/c1-28-19-10-8-18(9-11-19)21-7-4-12-26(21)17-23(27)24-20-5-2-3-6-22(20)25-13-15-29-16-14-25/h2-3,5-6,8-11,21H,4,7,12-17H2,1H3,(H,24,27). The van der Waals surface area contributed by atoms with Gasteiger partial charge in [-0.2, -0.15) is 0 Å². The van der Waals surface area contributed by atoms with Gasteiger partial charge in [-0.3, -0.25) is 9.69 Å². The van der Waals surface area contributed by atoms with Gasteiger partial charge in [0, 0.05) is 19.1 Å². The topological polar surface area (TPSA) is 54.0 Å². The van der Waals surface area contributed by atoms with Crippen LogP contribution in [0, 0.1) is 0 Å². The zero-order valence-electron chi connectivity index (χ0n) is 17.0. The SMILES string of the molecule is COc1ccc(C2CCCN2CC(=O)Nc2ccccc2N2CCOCC2)cc1. The Kier molecular flexibility index (Phi) is 6.32. The molecule has 154 valence electrons. The van der Waals surface area contributed by atoms with Gasteiger partial charge in [-0.1, -0.05) is 24.3 Å². The van der Waals surface area contributed by atoms with Gasteiger partial charge >= 0.3 is 0 Å². The Labute approximate surface area is 172 Å². The van der Waals surface area contributed by atoms with Gasteiger partial charge in [0.15, 0.2) is 0 Å². The second-order valence-corrected chi connectivity index (χ2v) is 7.57. The van der Waals surface area contributed by atoms with Crippen molar-refractivity contribution in [1.82, 2.24) is 4.90 Å². The number of ether oxygens (including phenoxy) is 2. The maximum absolute atomic E-state index is 12.9. The maximum Gasteiger partial charge on any atom is 0.238 e. The van der Waals surface area contributed by atoms with E-state index in [1.165, 1.54) is 5.56 Å². The van der Waals surface area contributed by atoms with E-state index in [-0.39, 0.29) is 11.9 Å². The number of amides is 1. The summed E-state index contributed by atoms with van der Waals surface area (Å²) in [5, 5.41) is 3.14. The Balaban J connectivity index is 1.41. The fourth-order valence-corrected chi connectivity index (χ4v) is 4.25. The van der Waals surface area contributed by atoms with Crippen molar-refractivity contribution in [2.24, 2.45) is 0 Å². The summed E-state index contributed by atoms with van der Waals surface area (Å²) in [4.78, 5) is 17.4. The third-order valence-electron chi connectivity index (χ3n) is 5.74. The quantitative estimate of drug-likeness (QED) is 0.813. The number of methoxy groups -OCH3 is 1. The van der Waals surface area contributed by atoms with Crippen LogP contribution in [-0.4, -0.2) is 57.3 Å². The summed E-state index contributed by atoms with van der Waals surface area (Å²) in [6.45, 7) is 4.47. The number of nitrogens with one attached hydrogen (secondary N) is 1. The van der Waals surface area contributed by atoms with Crippen LogP contribution in [0.4, 0.5) is 11.4 Å². The average molecular weight is 396 g/mol. The van der Waals surface area contributed by atoms with E-state index in [2.05, 4.69) is 33.3 Å². The third kappa shape index (κ3) is 4.71. The molecule has 0 saturated carbocycles. The lowest BCUT2D eigenvalue weighted by Crippen LogP contribution is -2.37. The predicted octanol–water partition coefficient (Wildman–Crippen LogP) is 3.31. The number of para-hydroxylation sites is 2. The van der Waals surface area contributed by atoms with Crippen LogP contribution < -0.4 is 15.0 Å². The molecule has 1 N–H and O–H groups in total. The molecule has 2 aliphatic heterocycles. The van der Waals surface area contributed by atoms with Crippen LogP contribution >= 0.6 is 0 Å². The summed E-state index contributed by atoms with van der Waals surface area (Å²) in [6.07, 6.45) is 2.18. The van der Waals surface area contributed by atoms with E-state index in [0.717, 1.165) is 62.8 Å². The molecule has 29 heavy (non-hydrogen) atoms. The van der Waals surface area contributed by atoms with Crippen molar-refractivity contribution in [3.8, 4) is 5.75 Å². The highest BCUT2D eigenvalue weighted by molar-refractivity contribution is 5.95. The highest BCUT2D eigenvalue weighted by Crippen LogP contribution is 2.33. The Morgan fingerprint density at radius 1 is 1.10 bits per heavy atom. The van der Waals surface area contributed by atoms with Crippen molar-refractivity contribution in [2.75, 3.05) is 56.7 Å². The minimum atomic E-state index is 0.0334. The molecule has 1 amide bonds. The van der Waals surface area contributed by atoms with E-state index < -0.39 is 0 Å². The number of likely N-dealkylation sites (tertiary alicyclic amines) is 1. The van der Waals surface area contributed by atoms with Crippen molar-refractivity contribution < 1.29 is 14.3 Å². The minimum absolute atomic E-state index is 0.0334. The zero-order valence-corrected chi connectivity index (χ0v) is 17.0. The number of benzene rings is 2. The lowest BCUT2D eigenvalue weighted by molar-refractivity contribution is -0.117. The summed E-state index contributed by atoms with van der Waals surface area (Å²) in [5.74, 6) is 0.891. The van der Waals surface area contributed by atoms with Crippen LogP contribution in [0.15, 0.2) is 48.5 Å². The van der Waals surface area contributed by atoms with Gasteiger partial charge in [0.25, 0.3) is 0 Å². The summed E-state index contributed by atoms with van der Waals surface area (Å²) in [6, 6.07) is 16.5. The molecule has 0 bridgehead atoms. The fourth-order valence-electron chi connectivity index (χ4n) is 4.25. The van der Waals surface area contributed by atoms with Crippen LogP contribution in [0.3, 0.4) is 0 Å². The largest absolute Gasteiger partial charge is 0.497 e. The van der Waals surface area contributed by atoms with E-state index in [1.807, 2.05) is 30.3 Å². The summed E-state index contributed by atoms with van der Waals surface area (Å²) in [5.41, 5.74) is 3.18. The fraction of sp³-hybridized carbons (Fsp3) is 0.435. The number of rotatable bonds is 6. The van der Waals surface area contributed by atoms with E-state index in [9.17, 15) is 4.79 Å². The van der Waals surface area contributed by atoms with Gasteiger partial charge in [-0.15, -0.1) is 0 Å². The van der Waals surface area contributed by atoms with E-state index >= 15 is 0 Å². The average Bonchev–Trinajstić information content (AvgIpc) is 3.22. The second kappa shape index (κ2) is 9.29. The van der Waals surface area contributed by atoms with Crippen LogP contribution in [-0.2, 0) is 9.53 Å². The molecular weight excluding hydrogens is 366 g/mol.